The number of benzene rings is 1. The molecule has 0 saturated carbocycles. The molecule has 0 spiro atoms. The molecule has 1 fully saturated rings. The van der Waals surface area contributed by atoms with Crippen LogP contribution in [0.3, 0.4) is 0 Å². The number of hydrogen-bond acceptors (Lipinski definition) is 3. The van der Waals surface area contributed by atoms with E-state index in [1.165, 1.54) is 5.56 Å². The fourth-order valence-electron chi connectivity index (χ4n) is 2.62. The van der Waals surface area contributed by atoms with Gasteiger partial charge in [0.2, 0.25) is 0 Å². The van der Waals surface area contributed by atoms with Crippen LogP contribution in [0.1, 0.15) is 25.3 Å². The van der Waals surface area contributed by atoms with Crippen molar-refractivity contribution in [2.75, 3.05) is 20.2 Å². The average Bonchev–Trinajstić information content (AvgIpc) is 2.39. The third-order valence-electron chi connectivity index (χ3n) is 3.74. The maximum Gasteiger partial charge on any atom is 0.118 e. The Morgan fingerprint density at radius 3 is 2.72 bits per heavy atom. The molecule has 2 rings (SSSR count). The number of rotatable bonds is 4. The standard InChI is InChI=1S/C15H23NO2/c1-12(16-9-3-4-14(17)11-16)10-13-5-7-15(18-2)8-6-13/h5-8,12,14,17H,3-4,9-11H2,1-2H3/t12-,14+/m0/s1. The summed E-state index contributed by atoms with van der Waals surface area (Å²) in [5, 5.41) is 9.70. The first-order valence-corrected chi connectivity index (χ1v) is 6.74. The smallest absolute Gasteiger partial charge is 0.118 e. The summed E-state index contributed by atoms with van der Waals surface area (Å²) in [6.07, 6.45) is 2.94. The van der Waals surface area contributed by atoms with Gasteiger partial charge >= 0.3 is 0 Å². The highest BCUT2D eigenvalue weighted by molar-refractivity contribution is 5.27. The Bertz CT molecular complexity index is 363. The van der Waals surface area contributed by atoms with Gasteiger partial charge in [-0.05, 0) is 50.4 Å². The maximum atomic E-state index is 9.70. The van der Waals surface area contributed by atoms with Crippen LogP contribution in [0.25, 0.3) is 0 Å². The van der Waals surface area contributed by atoms with Crippen molar-refractivity contribution in [1.29, 1.82) is 0 Å². The fourth-order valence-corrected chi connectivity index (χ4v) is 2.62. The molecule has 18 heavy (non-hydrogen) atoms. The van der Waals surface area contributed by atoms with Crippen molar-refractivity contribution in [3.63, 3.8) is 0 Å². The zero-order valence-corrected chi connectivity index (χ0v) is 11.3. The van der Waals surface area contributed by atoms with Crippen molar-refractivity contribution in [3.8, 4) is 5.75 Å². The molecule has 0 radical (unpaired) electrons. The summed E-state index contributed by atoms with van der Waals surface area (Å²) < 4.78 is 5.16. The molecule has 0 bridgehead atoms. The lowest BCUT2D eigenvalue weighted by Crippen LogP contribution is -2.44. The summed E-state index contributed by atoms with van der Waals surface area (Å²) in [5.41, 5.74) is 1.32. The molecule has 1 aliphatic rings. The van der Waals surface area contributed by atoms with E-state index in [0.29, 0.717) is 6.04 Å². The highest BCUT2D eigenvalue weighted by Gasteiger charge is 2.21. The normalized spacial score (nSPS) is 22.7. The lowest BCUT2D eigenvalue weighted by molar-refractivity contribution is 0.0507. The van der Waals surface area contributed by atoms with Gasteiger partial charge < -0.3 is 9.84 Å². The molecule has 1 aromatic rings. The van der Waals surface area contributed by atoms with Crippen LogP contribution < -0.4 is 4.74 Å². The second-order valence-electron chi connectivity index (χ2n) is 5.19. The van der Waals surface area contributed by atoms with Gasteiger partial charge in [-0.15, -0.1) is 0 Å². The molecule has 0 aromatic heterocycles. The van der Waals surface area contributed by atoms with Crippen LogP contribution in [0.5, 0.6) is 5.75 Å². The van der Waals surface area contributed by atoms with Gasteiger partial charge in [0, 0.05) is 12.6 Å². The van der Waals surface area contributed by atoms with Crippen molar-refractivity contribution >= 4 is 0 Å². The monoisotopic (exact) mass is 249 g/mol. The summed E-state index contributed by atoms with van der Waals surface area (Å²) in [6, 6.07) is 8.74. The van der Waals surface area contributed by atoms with E-state index in [1.54, 1.807) is 7.11 Å². The van der Waals surface area contributed by atoms with Gasteiger partial charge in [0.25, 0.3) is 0 Å². The molecule has 0 aliphatic carbocycles. The zero-order valence-electron chi connectivity index (χ0n) is 11.3. The van der Waals surface area contributed by atoms with Crippen LogP contribution in [0.4, 0.5) is 0 Å². The van der Waals surface area contributed by atoms with Crippen LogP contribution >= 0.6 is 0 Å². The molecule has 1 saturated heterocycles. The number of β-amino-alcohol motifs (C(OH)–C–C–N with tert-alkyl or cyclic N) is 1. The van der Waals surface area contributed by atoms with Gasteiger partial charge in [-0.2, -0.15) is 0 Å². The Hall–Kier alpha value is -1.06. The molecule has 3 nitrogen and oxygen atoms in total. The van der Waals surface area contributed by atoms with Crippen molar-refractivity contribution in [1.82, 2.24) is 4.90 Å². The van der Waals surface area contributed by atoms with E-state index in [0.717, 1.165) is 38.1 Å². The quantitative estimate of drug-likeness (QED) is 0.887. The topological polar surface area (TPSA) is 32.7 Å². The second-order valence-corrected chi connectivity index (χ2v) is 5.19. The lowest BCUT2D eigenvalue weighted by Gasteiger charge is -2.35. The van der Waals surface area contributed by atoms with Crippen molar-refractivity contribution < 1.29 is 9.84 Å². The number of piperidine rings is 1. The largest absolute Gasteiger partial charge is 0.497 e. The summed E-state index contributed by atoms with van der Waals surface area (Å²) in [5.74, 6) is 0.903. The van der Waals surface area contributed by atoms with Crippen molar-refractivity contribution in [2.45, 2.75) is 38.3 Å². The van der Waals surface area contributed by atoms with E-state index < -0.39 is 0 Å². The summed E-state index contributed by atoms with van der Waals surface area (Å²) in [6.45, 7) is 4.16. The Morgan fingerprint density at radius 2 is 2.11 bits per heavy atom. The van der Waals surface area contributed by atoms with Crippen molar-refractivity contribution in [2.24, 2.45) is 0 Å². The van der Waals surface area contributed by atoms with Gasteiger partial charge in [-0.3, -0.25) is 4.90 Å². The molecule has 2 atom stereocenters. The molecule has 0 unspecified atom stereocenters. The highest BCUT2D eigenvalue weighted by atomic mass is 16.5. The molecule has 0 amide bonds. The summed E-state index contributed by atoms with van der Waals surface area (Å²) in [4.78, 5) is 2.39. The highest BCUT2D eigenvalue weighted by Crippen LogP contribution is 2.17. The van der Waals surface area contributed by atoms with E-state index >= 15 is 0 Å². The summed E-state index contributed by atoms with van der Waals surface area (Å²) in [7, 11) is 1.69. The molecular formula is C15H23NO2. The first kappa shape index (κ1) is 13.4. The second kappa shape index (κ2) is 6.21. The first-order chi connectivity index (χ1) is 8.69. The Labute approximate surface area is 109 Å². The maximum absolute atomic E-state index is 9.70. The average molecular weight is 249 g/mol. The molecule has 3 heteroatoms. The van der Waals surface area contributed by atoms with Crippen LogP contribution in [0, 0.1) is 0 Å². The van der Waals surface area contributed by atoms with E-state index in [-0.39, 0.29) is 6.10 Å². The number of nitrogens with zero attached hydrogens (tertiary/aromatic N) is 1. The lowest BCUT2D eigenvalue weighted by atomic mass is 10.0. The number of likely N-dealkylation sites (tertiary alicyclic amines) is 1. The van der Waals surface area contributed by atoms with Crippen LogP contribution in [-0.4, -0.2) is 42.4 Å². The molecular weight excluding hydrogens is 226 g/mol. The minimum atomic E-state index is -0.142. The number of aliphatic hydroxyl groups excluding tert-OH is 1. The Balaban J connectivity index is 1.91. The van der Waals surface area contributed by atoms with Gasteiger partial charge in [0.05, 0.1) is 13.2 Å². The molecule has 1 aliphatic heterocycles. The Morgan fingerprint density at radius 1 is 1.39 bits per heavy atom. The third-order valence-corrected chi connectivity index (χ3v) is 3.74. The Kier molecular flexibility index (Phi) is 4.61. The van der Waals surface area contributed by atoms with Crippen LogP contribution in [0.2, 0.25) is 0 Å². The zero-order chi connectivity index (χ0) is 13.0. The van der Waals surface area contributed by atoms with E-state index in [2.05, 4.69) is 24.0 Å². The number of methoxy groups -OCH3 is 1. The van der Waals surface area contributed by atoms with Gasteiger partial charge in [-0.25, -0.2) is 0 Å². The van der Waals surface area contributed by atoms with Gasteiger partial charge in [0.1, 0.15) is 5.75 Å². The van der Waals surface area contributed by atoms with Gasteiger partial charge in [-0.1, -0.05) is 12.1 Å². The fraction of sp³-hybridized carbons (Fsp3) is 0.600. The molecule has 100 valence electrons. The predicted octanol–water partition coefficient (Wildman–Crippen LogP) is 2.08. The molecule has 1 aromatic carbocycles. The van der Waals surface area contributed by atoms with Gasteiger partial charge in [0.15, 0.2) is 0 Å². The minimum absolute atomic E-state index is 0.142. The number of ether oxygens (including phenoxy) is 1. The summed E-state index contributed by atoms with van der Waals surface area (Å²) >= 11 is 0. The van der Waals surface area contributed by atoms with E-state index in [1.807, 2.05) is 12.1 Å². The molecule has 1 N–H and O–H groups in total. The van der Waals surface area contributed by atoms with Crippen molar-refractivity contribution in [3.05, 3.63) is 29.8 Å². The van der Waals surface area contributed by atoms with E-state index in [4.69, 9.17) is 4.74 Å². The molecule has 1 heterocycles. The minimum Gasteiger partial charge on any atom is -0.497 e. The third kappa shape index (κ3) is 3.47. The van der Waals surface area contributed by atoms with Crippen LogP contribution in [0.15, 0.2) is 24.3 Å². The number of hydrogen-bond donors (Lipinski definition) is 1. The SMILES string of the molecule is COc1ccc(C[C@H](C)N2CCC[C@@H](O)C2)cc1. The number of aliphatic hydroxyl groups is 1. The van der Waals surface area contributed by atoms with Crippen LogP contribution in [-0.2, 0) is 6.42 Å². The predicted molar refractivity (Wildman–Crippen MR) is 73.0 cm³/mol. The first-order valence-electron chi connectivity index (χ1n) is 6.74. The van der Waals surface area contributed by atoms with E-state index in [9.17, 15) is 5.11 Å².